The van der Waals surface area contributed by atoms with Crippen molar-refractivity contribution >= 4 is 16.6 Å². The Hall–Kier alpha value is -2.01. The Kier molecular flexibility index (Phi) is 2.98. The Balaban J connectivity index is 1.57. The fraction of sp³-hybridized carbons (Fsp3) is 0.526. The zero-order chi connectivity index (χ0) is 16.4. The molecule has 1 saturated carbocycles. The highest BCUT2D eigenvalue weighted by Gasteiger charge is 2.43. The topological polar surface area (TPSA) is 68.6 Å². The van der Waals surface area contributed by atoms with Crippen LogP contribution in [0.5, 0.6) is 11.5 Å². The van der Waals surface area contributed by atoms with Crippen LogP contribution in [0.1, 0.15) is 36.9 Å². The molecule has 0 radical (unpaired) electrons. The van der Waals surface area contributed by atoms with E-state index >= 15 is 0 Å². The predicted molar refractivity (Wildman–Crippen MR) is 93.7 cm³/mol. The minimum Gasteiger partial charge on any atom is -0.504 e. The summed E-state index contributed by atoms with van der Waals surface area (Å²) in [6.07, 6.45) is 6.86. The number of fused-ring (bicyclic) bond motifs is 4. The number of hydrogen-bond acceptors (Lipinski definition) is 5. The average molecular weight is 325 g/mol. The maximum atomic E-state index is 9.97. The molecular weight excluding hydrogens is 302 g/mol. The Morgan fingerprint density at radius 3 is 2.58 bits per heavy atom. The Labute approximate surface area is 141 Å². The van der Waals surface area contributed by atoms with E-state index < -0.39 is 0 Å². The van der Waals surface area contributed by atoms with E-state index in [9.17, 15) is 10.2 Å². The summed E-state index contributed by atoms with van der Waals surface area (Å²) in [6, 6.07) is 5.14. The van der Waals surface area contributed by atoms with E-state index in [4.69, 9.17) is 4.98 Å². The van der Waals surface area contributed by atoms with Crippen molar-refractivity contribution in [2.45, 2.75) is 56.7 Å². The van der Waals surface area contributed by atoms with E-state index in [1.165, 1.54) is 24.8 Å². The van der Waals surface area contributed by atoms with Crippen molar-refractivity contribution in [3.05, 3.63) is 23.4 Å². The van der Waals surface area contributed by atoms with E-state index in [-0.39, 0.29) is 11.5 Å². The molecule has 1 aromatic heterocycles. The van der Waals surface area contributed by atoms with Crippen LogP contribution in [0.4, 0.5) is 5.69 Å². The maximum absolute atomic E-state index is 9.97. The number of nitrogens with zero attached hydrogens (tertiary/aromatic N) is 2. The molecule has 6 rings (SSSR count). The number of aromatic hydroxyl groups is 2. The van der Waals surface area contributed by atoms with E-state index in [0.29, 0.717) is 18.1 Å². The van der Waals surface area contributed by atoms with Gasteiger partial charge in [0.1, 0.15) is 0 Å². The summed E-state index contributed by atoms with van der Waals surface area (Å²) in [6.45, 7) is 0. The molecule has 3 N–H and O–H groups in total. The molecule has 126 valence electrons. The van der Waals surface area contributed by atoms with Crippen LogP contribution in [0, 0.1) is 0 Å². The third-order valence-electron chi connectivity index (χ3n) is 6.27. The number of benzene rings is 1. The molecule has 5 heteroatoms. The van der Waals surface area contributed by atoms with E-state index in [1.54, 1.807) is 12.1 Å². The van der Waals surface area contributed by atoms with Gasteiger partial charge in [0.15, 0.2) is 11.5 Å². The van der Waals surface area contributed by atoms with Gasteiger partial charge in [-0.3, -0.25) is 4.98 Å². The first-order valence-corrected chi connectivity index (χ1v) is 8.96. The summed E-state index contributed by atoms with van der Waals surface area (Å²) >= 11 is 0. The molecule has 2 aliphatic carbocycles. The lowest BCUT2D eigenvalue weighted by Gasteiger charge is -2.54. The van der Waals surface area contributed by atoms with Crippen molar-refractivity contribution in [3.8, 4) is 11.5 Å². The van der Waals surface area contributed by atoms with Crippen LogP contribution in [-0.2, 0) is 12.8 Å². The number of aromatic nitrogens is 1. The Morgan fingerprint density at radius 2 is 1.83 bits per heavy atom. The lowest BCUT2D eigenvalue weighted by molar-refractivity contribution is -0.00791. The number of pyridine rings is 1. The summed E-state index contributed by atoms with van der Waals surface area (Å²) in [5.74, 6) is -0.170. The molecule has 1 aromatic carbocycles. The quantitative estimate of drug-likeness (QED) is 0.741. The molecule has 4 aliphatic rings. The van der Waals surface area contributed by atoms with Crippen LogP contribution in [-0.4, -0.2) is 45.3 Å². The van der Waals surface area contributed by atoms with Crippen molar-refractivity contribution in [3.63, 3.8) is 0 Å². The number of anilines is 1. The summed E-state index contributed by atoms with van der Waals surface area (Å²) in [7, 11) is 2.23. The molecule has 0 amide bonds. The fourth-order valence-electron chi connectivity index (χ4n) is 4.86. The van der Waals surface area contributed by atoms with Crippen LogP contribution in [0.15, 0.2) is 12.1 Å². The molecule has 2 saturated heterocycles. The normalized spacial score (nSPS) is 28.6. The van der Waals surface area contributed by atoms with Crippen LogP contribution < -0.4 is 5.32 Å². The molecule has 2 aliphatic heterocycles. The SMILES string of the molecule is CN1C2CC(Nc3c4c(nc5cc(O)c(O)cc35)CCC4)CC1C2. The van der Waals surface area contributed by atoms with Crippen LogP contribution in [0.3, 0.4) is 0 Å². The molecule has 2 atom stereocenters. The molecule has 2 bridgehead atoms. The van der Waals surface area contributed by atoms with E-state index in [0.717, 1.165) is 41.5 Å². The molecular formula is C19H23N3O2. The van der Waals surface area contributed by atoms with Crippen molar-refractivity contribution in [1.82, 2.24) is 9.88 Å². The van der Waals surface area contributed by atoms with Crippen LogP contribution in [0.25, 0.3) is 10.9 Å². The summed E-state index contributed by atoms with van der Waals surface area (Å²) in [4.78, 5) is 7.23. The second-order valence-corrected chi connectivity index (χ2v) is 7.65. The van der Waals surface area contributed by atoms with Gasteiger partial charge in [-0.2, -0.15) is 0 Å². The van der Waals surface area contributed by atoms with Gasteiger partial charge in [0.05, 0.1) is 5.52 Å². The van der Waals surface area contributed by atoms with Crippen LogP contribution in [0.2, 0.25) is 0 Å². The van der Waals surface area contributed by atoms with Gasteiger partial charge in [0.25, 0.3) is 0 Å². The minimum absolute atomic E-state index is 0.0727. The Bertz CT molecular complexity index is 823. The zero-order valence-electron chi connectivity index (χ0n) is 13.9. The second-order valence-electron chi connectivity index (χ2n) is 7.65. The highest BCUT2D eigenvalue weighted by Crippen LogP contribution is 2.42. The molecule has 2 unspecified atom stereocenters. The van der Waals surface area contributed by atoms with Gasteiger partial charge < -0.3 is 20.4 Å². The second kappa shape index (κ2) is 4.99. The standard InChI is InChI=1S/C19H23N3O2/c1-22-11-5-10(6-12(22)7-11)20-19-13-3-2-4-15(13)21-16-9-18(24)17(23)8-14(16)19/h8-12,23-24H,2-7H2,1H3,(H,20,21). The number of rotatable bonds is 2. The van der Waals surface area contributed by atoms with Gasteiger partial charge in [0, 0.05) is 41.0 Å². The van der Waals surface area contributed by atoms with Crippen molar-refractivity contribution in [1.29, 1.82) is 0 Å². The lowest BCUT2D eigenvalue weighted by Crippen LogP contribution is -2.61. The van der Waals surface area contributed by atoms with Gasteiger partial charge in [-0.1, -0.05) is 0 Å². The molecule has 3 heterocycles. The third-order valence-corrected chi connectivity index (χ3v) is 6.27. The van der Waals surface area contributed by atoms with Crippen molar-refractivity contribution in [2.24, 2.45) is 0 Å². The molecule has 2 aromatic rings. The monoisotopic (exact) mass is 325 g/mol. The van der Waals surface area contributed by atoms with Crippen LogP contribution >= 0.6 is 0 Å². The number of piperidine rings is 1. The highest BCUT2D eigenvalue weighted by molar-refractivity contribution is 5.96. The largest absolute Gasteiger partial charge is 0.504 e. The van der Waals surface area contributed by atoms with Gasteiger partial charge >= 0.3 is 0 Å². The number of aryl methyl sites for hydroxylation is 1. The average Bonchev–Trinajstić information content (AvgIpc) is 3.04. The van der Waals surface area contributed by atoms with Gasteiger partial charge in [0.2, 0.25) is 0 Å². The smallest absolute Gasteiger partial charge is 0.159 e. The molecule has 3 fully saturated rings. The maximum Gasteiger partial charge on any atom is 0.159 e. The van der Waals surface area contributed by atoms with E-state index in [2.05, 4.69) is 17.3 Å². The molecule has 5 nitrogen and oxygen atoms in total. The van der Waals surface area contributed by atoms with Gasteiger partial charge in [-0.25, -0.2) is 0 Å². The van der Waals surface area contributed by atoms with Crippen molar-refractivity contribution < 1.29 is 10.2 Å². The summed E-state index contributed by atoms with van der Waals surface area (Å²) in [5, 5.41) is 24.5. The summed E-state index contributed by atoms with van der Waals surface area (Å²) < 4.78 is 0. The lowest BCUT2D eigenvalue weighted by atomic mass is 9.77. The number of phenols is 2. The first-order chi connectivity index (χ1) is 11.6. The van der Waals surface area contributed by atoms with E-state index in [1.807, 2.05) is 0 Å². The Morgan fingerprint density at radius 1 is 1.08 bits per heavy atom. The summed E-state index contributed by atoms with van der Waals surface area (Å²) in [5.41, 5.74) is 4.36. The first kappa shape index (κ1) is 14.3. The van der Waals surface area contributed by atoms with Gasteiger partial charge in [-0.15, -0.1) is 0 Å². The molecule has 0 spiro atoms. The fourth-order valence-corrected chi connectivity index (χ4v) is 4.86. The zero-order valence-corrected chi connectivity index (χ0v) is 13.9. The van der Waals surface area contributed by atoms with Gasteiger partial charge in [-0.05, 0) is 57.2 Å². The highest BCUT2D eigenvalue weighted by atomic mass is 16.3. The first-order valence-electron chi connectivity index (χ1n) is 8.96. The molecule has 24 heavy (non-hydrogen) atoms. The number of hydrogen-bond donors (Lipinski definition) is 3. The van der Waals surface area contributed by atoms with Crippen molar-refractivity contribution in [2.75, 3.05) is 12.4 Å². The number of phenolic OH excluding ortho intramolecular Hbond substituents is 2. The number of nitrogens with one attached hydrogen (secondary N) is 1. The third kappa shape index (κ3) is 2.00. The predicted octanol–water partition coefficient (Wildman–Crippen LogP) is 2.78. The minimum atomic E-state index is -0.0977.